The van der Waals surface area contributed by atoms with E-state index in [1.54, 1.807) is 43.1 Å². The molecule has 0 atom stereocenters. The fourth-order valence-electron chi connectivity index (χ4n) is 3.92. The summed E-state index contributed by atoms with van der Waals surface area (Å²) in [6, 6.07) is 6.87. The number of benzene rings is 1. The maximum atomic E-state index is 12.7. The van der Waals surface area contributed by atoms with Gasteiger partial charge in [-0.2, -0.15) is 0 Å². The summed E-state index contributed by atoms with van der Waals surface area (Å²) in [5.74, 6) is 0.188. The van der Waals surface area contributed by atoms with E-state index in [1.807, 2.05) is 0 Å². The zero-order valence-electron chi connectivity index (χ0n) is 17.5. The van der Waals surface area contributed by atoms with Crippen molar-refractivity contribution < 1.29 is 9.59 Å². The van der Waals surface area contributed by atoms with Crippen LogP contribution in [0.3, 0.4) is 0 Å². The van der Waals surface area contributed by atoms with Gasteiger partial charge in [-0.25, -0.2) is 4.79 Å². The van der Waals surface area contributed by atoms with E-state index >= 15 is 0 Å². The zero-order valence-corrected chi connectivity index (χ0v) is 18.3. The van der Waals surface area contributed by atoms with Crippen molar-refractivity contribution in [3.63, 3.8) is 0 Å². The van der Waals surface area contributed by atoms with Crippen molar-refractivity contribution in [2.75, 3.05) is 17.6 Å². The van der Waals surface area contributed by atoms with Crippen molar-refractivity contribution in [3.05, 3.63) is 73.0 Å². The topological polar surface area (TPSA) is 93.4 Å². The maximum Gasteiger partial charge on any atom is 0.330 e. The zero-order chi connectivity index (χ0) is 22.1. The van der Waals surface area contributed by atoms with Gasteiger partial charge in [-0.3, -0.25) is 28.4 Å². The van der Waals surface area contributed by atoms with Crippen LogP contribution in [0.1, 0.15) is 45.7 Å². The standard InChI is InChI=1S/C22H24N4O4S/c1-24-16-10-5-6-11-17(23-18(16)21(29)25(2)22(24)30)31-13-7-12-26-19(27)14-8-3-4-9-15(14)20(26)28/h3-4,8-9,11,23H,5-7,10,12-13H2,1-2H3/b17-11-. The molecule has 3 heterocycles. The lowest BCUT2D eigenvalue weighted by Crippen LogP contribution is -2.40. The lowest BCUT2D eigenvalue weighted by Gasteiger charge is -2.20. The van der Waals surface area contributed by atoms with E-state index in [0.29, 0.717) is 47.6 Å². The van der Waals surface area contributed by atoms with Crippen molar-refractivity contribution in [1.82, 2.24) is 14.0 Å². The first-order valence-corrected chi connectivity index (χ1v) is 11.2. The molecule has 0 unspecified atom stereocenters. The monoisotopic (exact) mass is 440 g/mol. The molecule has 0 radical (unpaired) electrons. The van der Waals surface area contributed by atoms with Gasteiger partial charge in [0.25, 0.3) is 17.4 Å². The van der Waals surface area contributed by atoms with Crippen molar-refractivity contribution >= 4 is 29.3 Å². The molecule has 1 aromatic heterocycles. The number of hydrogen-bond donors (Lipinski definition) is 1. The van der Waals surface area contributed by atoms with Gasteiger partial charge in [0.05, 0.1) is 21.8 Å². The molecule has 1 N–H and O–H groups in total. The minimum atomic E-state index is -0.336. The highest BCUT2D eigenvalue weighted by Gasteiger charge is 2.34. The molecule has 0 spiro atoms. The molecule has 0 aliphatic carbocycles. The van der Waals surface area contributed by atoms with Crippen LogP contribution in [0, 0.1) is 0 Å². The number of nitrogens with one attached hydrogen (secondary N) is 1. The maximum absolute atomic E-state index is 12.7. The number of fused-ring (bicyclic) bond motifs is 2. The average molecular weight is 441 g/mol. The number of nitrogens with zero attached hydrogens (tertiary/aromatic N) is 3. The van der Waals surface area contributed by atoms with Crippen molar-refractivity contribution in [1.29, 1.82) is 0 Å². The number of imide groups is 1. The predicted molar refractivity (Wildman–Crippen MR) is 120 cm³/mol. The third kappa shape index (κ3) is 3.85. The summed E-state index contributed by atoms with van der Waals surface area (Å²) in [6.45, 7) is 0.347. The van der Waals surface area contributed by atoms with E-state index in [2.05, 4.69) is 11.4 Å². The number of carbonyl (C=O) groups is 2. The van der Waals surface area contributed by atoms with Crippen molar-refractivity contribution in [3.8, 4) is 0 Å². The van der Waals surface area contributed by atoms with Crippen LogP contribution >= 0.6 is 11.8 Å². The Hall–Kier alpha value is -3.07. The number of amides is 2. The van der Waals surface area contributed by atoms with Crippen molar-refractivity contribution in [2.45, 2.75) is 25.7 Å². The van der Waals surface area contributed by atoms with E-state index < -0.39 is 0 Å². The fourth-order valence-corrected chi connectivity index (χ4v) is 4.83. The molecule has 2 aliphatic heterocycles. The van der Waals surface area contributed by atoms with Gasteiger partial charge in [0.15, 0.2) is 0 Å². The molecule has 0 saturated carbocycles. The molecule has 4 rings (SSSR count). The van der Waals surface area contributed by atoms with Crippen LogP contribution in [-0.2, 0) is 20.5 Å². The largest absolute Gasteiger partial charge is 0.345 e. The summed E-state index contributed by atoms with van der Waals surface area (Å²) >= 11 is 1.54. The van der Waals surface area contributed by atoms with Crippen LogP contribution in [0.4, 0.5) is 5.69 Å². The third-order valence-electron chi connectivity index (χ3n) is 5.64. The summed E-state index contributed by atoms with van der Waals surface area (Å²) in [4.78, 5) is 51.1. The van der Waals surface area contributed by atoms with Crippen molar-refractivity contribution in [2.24, 2.45) is 14.1 Å². The minimum absolute atomic E-state index is 0.243. The Morgan fingerprint density at radius 3 is 2.35 bits per heavy atom. The molecule has 1 aromatic carbocycles. The first-order valence-electron chi connectivity index (χ1n) is 10.2. The molecule has 0 fully saturated rings. The van der Waals surface area contributed by atoms with Crippen LogP contribution in [0.2, 0.25) is 0 Å². The number of aromatic nitrogens is 2. The highest BCUT2D eigenvalue weighted by Crippen LogP contribution is 2.26. The second kappa shape index (κ2) is 8.58. The second-order valence-electron chi connectivity index (χ2n) is 7.62. The van der Waals surface area contributed by atoms with Gasteiger partial charge in [-0.05, 0) is 37.8 Å². The predicted octanol–water partition coefficient (Wildman–Crippen LogP) is 2.09. The third-order valence-corrected chi connectivity index (χ3v) is 6.72. The molecule has 2 amide bonds. The average Bonchev–Trinajstić information content (AvgIpc) is 3.00. The summed E-state index contributed by atoms with van der Waals surface area (Å²) in [5, 5.41) is 4.07. The summed E-state index contributed by atoms with van der Waals surface area (Å²) < 4.78 is 2.64. The first kappa shape index (κ1) is 21.2. The van der Waals surface area contributed by atoms with Crippen LogP contribution < -0.4 is 16.6 Å². The second-order valence-corrected chi connectivity index (χ2v) is 8.76. The Morgan fingerprint density at radius 1 is 1.00 bits per heavy atom. The Labute approximate surface area is 183 Å². The SMILES string of the molecule is Cn1c2c(c(=O)n(C)c1=O)N/C(SCCCN1C(=O)c3ccccc3C1=O)=C/CCC2. The van der Waals surface area contributed by atoms with E-state index in [9.17, 15) is 19.2 Å². The number of carbonyl (C=O) groups excluding carboxylic acids is 2. The van der Waals surface area contributed by atoms with E-state index in [-0.39, 0.29) is 23.1 Å². The molecule has 0 saturated heterocycles. The molecular weight excluding hydrogens is 416 g/mol. The van der Waals surface area contributed by atoms with Crippen LogP contribution in [0.25, 0.3) is 0 Å². The molecule has 2 aliphatic rings. The number of allylic oxidation sites excluding steroid dienone is 1. The van der Waals surface area contributed by atoms with Gasteiger partial charge in [0.1, 0.15) is 5.69 Å². The highest BCUT2D eigenvalue weighted by atomic mass is 32.2. The van der Waals surface area contributed by atoms with E-state index in [0.717, 1.165) is 22.4 Å². The molecular formula is C22H24N4O4S. The summed E-state index contributed by atoms with van der Waals surface area (Å²) in [7, 11) is 3.16. The van der Waals surface area contributed by atoms with Gasteiger partial charge < -0.3 is 5.32 Å². The van der Waals surface area contributed by atoms with Gasteiger partial charge in [0, 0.05) is 26.4 Å². The number of rotatable bonds is 5. The highest BCUT2D eigenvalue weighted by molar-refractivity contribution is 8.03. The molecule has 31 heavy (non-hydrogen) atoms. The van der Waals surface area contributed by atoms with Gasteiger partial charge in [-0.1, -0.05) is 18.2 Å². The van der Waals surface area contributed by atoms with Gasteiger partial charge in [-0.15, -0.1) is 11.8 Å². The van der Waals surface area contributed by atoms with Gasteiger partial charge in [0.2, 0.25) is 0 Å². The number of anilines is 1. The Morgan fingerprint density at radius 2 is 1.68 bits per heavy atom. The van der Waals surface area contributed by atoms with Crippen LogP contribution in [0.5, 0.6) is 0 Å². The smallest absolute Gasteiger partial charge is 0.330 e. The normalized spacial score (nSPS) is 17.4. The molecule has 2 aromatic rings. The fraction of sp³-hybridized carbons (Fsp3) is 0.364. The van der Waals surface area contributed by atoms with Crippen LogP contribution in [0.15, 0.2) is 45.0 Å². The van der Waals surface area contributed by atoms with E-state index in [4.69, 9.17) is 0 Å². The number of hydrogen-bond acceptors (Lipinski definition) is 6. The Balaban J connectivity index is 1.41. The molecule has 0 bridgehead atoms. The lowest BCUT2D eigenvalue weighted by molar-refractivity contribution is 0.0655. The van der Waals surface area contributed by atoms with Crippen LogP contribution in [-0.4, -0.2) is 38.1 Å². The summed E-state index contributed by atoms with van der Waals surface area (Å²) in [6.07, 6.45) is 5.01. The van der Waals surface area contributed by atoms with Gasteiger partial charge >= 0.3 is 5.69 Å². The minimum Gasteiger partial charge on any atom is -0.345 e. The quantitative estimate of drug-likeness (QED) is 0.565. The first-order chi connectivity index (χ1) is 14.9. The number of thioether (sulfide) groups is 1. The lowest BCUT2D eigenvalue weighted by atomic mass is 10.1. The Bertz CT molecular complexity index is 1180. The molecule has 9 heteroatoms. The Kier molecular flexibility index (Phi) is 5.86. The summed E-state index contributed by atoms with van der Waals surface area (Å²) in [5.41, 5.74) is 1.40. The molecule has 162 valence electrons. The molecule has 8 nitrogen and oxygen atoms in total. The van der Waals surface area contributed by atoms with E-state index in [1.165, 1.54) is 16.5 Å².